The molecule has 0 unspecified atom stereocenters. The highest BCUT2D eigenvalue weighted by molar-refractivity contribution is 5.78. The summed E-state index contributed by atoms with van der Waals surface area (Å²) >= 11 is 0. The third kappa shape index (κ3) is 1.96. The number of para-hydroxylation sites is 1. The first kappa shape index (κ1) is 10.0. The Labute approximate surface area is 89.3 Å². The number of hydrogen-bond donors (Lipinski definition) is 1. The lowest BCUT2D eigenvalue weighted by Crippen LogP contribution is -2.23. The van der Waals surface area contributed by atoms with E-state index in [9.17, 15) is 9.90 Å². The molecule has 1 aromatic carbocycles. The maximum absolute atomic E-state index is 11.4. The summed E-state index contributed by atoms with van der Waals surface area (Å²) in [4.78, 5) is 13.2. The van der Waals surface area contributed by atoms with E-state index in [0.29, 0.717) is 18.7 Å². The van der Waals surface area contributed by atoms with Crippen LogP contribution in [0, 0.1) is 6.92 Å². The number of benzene rings is 1. The van der Waals surface area contributed by atoms with Gasteiger partial charge in [-0.05, 0) is 18.9 Å². The molecule has 1 saturated heterocycles. The van der Waals surface area contributed by atoms with Gasteiger partial charge < -0.3 is 10.0 Å². The van der Waals surface area contributed by atoms with Crippen LogP contribution in [0.4, 0.5) is 0 Å². The van der Waals surface area contributed by atoms with Crippen molar-refractivity contribution in [1.29, 1.82) is 0 Å². The van der Waals surface area contributed by atoms with Gasteiger partial charge in [0.15, 0.2) is 0 Å². The molecule has 0 aliphatic carbocycles. The second-order valence-electron chi connectivity index (χ2n) is 4.00. The summed E-state index contributed by atoms with van der Waals surface area (Å²) in [5, 5.41) is 9.81. The van der Waals surface area contributed by atoms with E-state index in [-0.39, 0.29) is 5.91 Å². The smallest absolute Gasteiger partial charge is 0.222 e. The standard InChI is InChI=1S/C12H15NO2/c1-9-4-2-5-10(12(9)15)8-13-7-3-6-11(13)14/h2,4-5,15H,3,6-8H2,1H3. The topological polar surface area (TPSA) is 40.5 Å². The van der Waals surface area contributed by atoms with Gasteiger partial charge in [0.1, 0.15) is 5.75 Å². The van der Waals surface area contributed by atoms with Crippen LogP contribution >= 0.6 is 0 Å². The van der Waals surface area contributed by atoms with E-state index in [4.69, 9.17) is 0 Å². The number of likely N-dealkylation sites (tertiary alicyclic amines) is 1. The largest absolute Gasteiger partial charge is 0.507 e. The minimum Gasteiger partial charge on any atom is -0.507 e. The average Bonchev–Trinajstić information content (AvgIpc) is 2.60. The van der Waals surface area contributed by atoms with Gasteiger partial charge >= 0.3 is 0 Å². The predicted octanol–water partition coefficient (Wildman–Crippen LogP) is 1.82. The zero-order valence-electron chi connectivity index (χ0n) is 8.86. The van der Waals surface area contributed by atoms with E-state index in [0.717, 1.165) is 24.1 Å². The van der Waals surface area contributed by atoms with Crippen LogP contribution in [0.25, 0.3) is 0 Å². The SMILES string of the molecule is Cc1cccc(CN2CCCC2=O)c1O. The number of carbonyl (C=O) groups excluding carboxylic acids is 1. The highest BCUT2D eigenvalue weighted by Crippen LogP contribution is 2.24. The number of rotatable bonds is 2. The number of phenolic OH excluding ortho intramolecular Hbond substituents is 1. The van der Waals surface area contributed by atoms with Crippen LogP contribution in [-0.4, -0.2) is 22.5 Å². The first-order valence-electron chi connectivity index (χ1n) is 5.23. The van der Waals surface area contributed by atoms with E-state index in [1.165, 1.54) is 0 Å². The molecule has 0 aromatic heterocycles. The van der Waals surface area contributed by atoms with Crippen LogP contribution in [0.2, 0.25) is 0 Å². The summed E-state index contributed by atoms with van der Waals surface area (Å²) < 4.78 is 0. The molecule has 3 heteroatoms. The van der Waals surface area contributed by atoms with Gasteiger partial charge in [-0.15, -0.1) is 0 Å². The van der Waals surface area contributed by atoms with E-state index in [1.54, 1.807) is 4.90 Å². The van der Waals surface area contributed by atoms with Gasteiger partial charge in [0.2, 0.25) is 5.91 Å². The lowest BCUT2D eigenvalue weighted by Gasteiger charge is -2.16. The molecule has 15 heavy (non-hydrogen) atoms. The first-order valence-corrected chi connectivity index (χ1v) is 5.23. The quantitative estimate of drug-likeness (QED) is 0.800. The van der Waals surface area contributed by atoms with Crippen LogP contribution in [0.3, 0.4) is 0 Å². The first-order chi connectivity index (χ1) is 7.18. The Morgan fingerprint density at radius 1 is 1.47 bits per heavy atom. The van der Waals surface area contributed by atoms with Gasteiger partial charge in [0.25, 0.3) is 0 Å². The number of phenols is 1. The van der Waals surface area contributed by atoms with Gasteiger partial charge in [-0.25, -0.2) is 0 Å². The number of carbonyl (C=O) groups is 1. The minimum absolute atomic E-state index is 0.191. The molecule has 0 radical (unpaired) electrons. The third-order valence-corrected chi connectivity index (χ3v) is 2.85. The van der Waals surface area contributed by atoms with Crippen molar-refractivity contribution in [3.63, 3.8) is 0 Å². The van der Waals surface area contributed by atoms with E-state index >= 15 is 0 Å². The third-order valence-electron chi connectivity index (χ3n) is 2.85. The lowest BCUT2D eigenvalue weighted by molar-refractivity contribution is -0.128. The Hall–Kier alpha value is -1.51. The fourth-order valence-electron chi connectivity index (χ4n) is 1.92. The lowest BCUT2D eigenvalue weighted by atomic mass is 10.1. The summed E-state index contributed by atoms with van der Waals surface area (Å²) in [6, 6.07) is 5.64. The summed E-state index contributed by atoms with van der Waals surface area (Å²) in [7, 11) is 0. The Morgan fingerprint density at radius 2 is 2.27 bits per heavy atom. The van der Waals surface area contributed by atoms with E-state index in [2.05, 4.69) is 0 Å². The highest BCUT2D eigenvalue weighted by Gasteiger charge is 2.21. The molecule has 2 rings (SSSR count). The number of aryl methyl sites for hydroxylation is 1. The number of aromatic hydroxyl groups is 1. The van der Waals surface area contributed by atoms with Gasteiger partial charge in [-0.1, -0.05) is 18.2 Å². The van der Waals surface area contributed by atoms with Gasteiger partial charge in [0.05, 0.1) is 0 Å². The number of nitrogens with zero attached hydrogens (tertiary/aromatic N) is 1. The van der Waals surface area contributed by atoms with Crippen molar-refractivity contribution in [3.05, 3.63) is 29.3 Å². The second kappa shape index (κ2) is 3.93. The van der Waals surface area contributed by atoms with Gasteiger partial charge in [0, 0.05) is 25.1 Å². The molecule has 0 atom stereocenters. The van der Waals surface area contributed by atoms with Crippen LogP contribution in [-0.2, 0) is 11.3 Å². The van der Waals surface area contributed by atoms with Crippen molar-refractivity contribution in [1.82, 2.24) is 4.90 Å². The maximum atomic E-state index is 11.4. The van der Waals surface area contributed by atoms with Gasteiger partial charge in [-0.2, -0.15) is 0 Å². The molecular formula is C12H15NO2. The Balaban J connectivity index is 2.17. The van der Waals surface area contributed by atoms with Crippen molar-refractivity contribution < 1.29 is 9.90 Å². The van der Waals surface area contributed by atoms with E-state index in [1.807, 2.05) is 25.1 Å². The molecule has 80 valence electrons. The monoisotopic (exact) mass is 205 g/mol. The van der Waals surface area contributed by atoms with Crippen LogP contribution < -0.4 is 0 Å². The minimum atomic E-state index is 0.191. The predicted molar refractivity (Wildman–Crippen MR) is 57.5 cm³/mol. The number of amides is 1. The molecule has 0 bridgehead atoms. The molecule has 1 amide bonds. The Bertz CT molecular complexity index is 387. The molecule has 1 aliphatic rings. The normalized spacial score (nSPS) is 16.1. The Kier molecular flexibility index (Phi) is 2.62. The van der Waals surface area contributed by atoms with Crippen LogP contribution in [0.5, 0.6) is 5.75 Å². The van der Waals surface area contributed by atoms with Crippen molar-refractivity contribution in [2.45, 2.75) is 26.3 Å². The fraction of sp³-hybridized carbons (Fsp3) is 0.417. The summed E-state index contributed by atoms with van der Waals surface area (Å²) in [6.45, 7) is 3.21. The molecule has 1 fully saturated rings. The maximum Gasteiger partial charge on any atom is 0.222 e. The summed E-state index contributed by atoms with van der Waals surface area (Å²) in [5.41, 5.74) is 1.70. The molecule has 1 heterocycles. The zero-order chi connectivity index (χ0) is 10.8. The summed E-state index contributed by atoms with van der Waals surface area (Å²) in [6.07, 6.45) is 1.58. The van der Waals surface area contributed by atoms with Crippen LogP contribution in [0.15, 0.2) is 18.2 Å². The molecular weight excluding hydrogens is 190 g/mol. The molecule has 1 aromatic rings. The zero-order valence-corrected chi connectivity index (χ0v) is 8.86. The molecule has 1 N–H and O–H groups in total. The van der Waals surface area contributed by atoms with Crippen molar-refractivity contribution in [2.75, 3.05) is 6.54 Å². The van der Waals surface area contributed by atoms with E-state index < -0.39 is 0 Å². The van der Waals surface area contributed by atoms with Gasteiger partial charge in [-0.3, -0.25) is 4.79 Å². The fourth-order valence-corrected chi connectivity index (χ4v) is 1.92. The van der Waals surface area contributed by atoms with Crippen molar-refractivity contribution >= 4 is 5.91 Å². The number of hydrogen-bond acceptors (Lipinski definition) is 2. The molecule has 0 saturated carbocycles. The van der Waals surface area contributed by atoms with Crippen molar-refractivity contribution in [2.24, 2.45) is 0 Å². The van der Waals surface area contributed by atoms with Crippen molar-refractivity contribution in [3.8, 4) is 5.75 Å². The average molecular weight is 205 g/mol. The summed E-state index contributed by atoms with van der Waals surface area (Å²) in [5.74, 6) is 0.508. The highest BCUT2D eigenvalue weighted by atomic mass is 16.3. The second-order valence-corrected chi connectivity index (χ2v) is 4.00. The Morgan fingerprint density at radius 3 is 2.93 bits per heavy atom. The molecule has 1 aliphatic heterocycles. The van der Waals surface area contributed by atoms with Crippen LogP contribution in [0.1, 0.15) is 24.0 Å². The molecule has 0 spiro atoms. The molecule has 3 nitrogen and oxygen atoms in total.